The van der Waals surface area contributed by atoms with Crippen LogP contribution < -0.4 is 4.74 Å². The molecule has 0 amide bonds. The Morgan fingerprint density at radius 1 is 1.38 bits per heavy atom. The molecule has 0 atom stereocenters. The highest BCUT2D eigenvalue weighted by atomic mass is 16.5. The second-order valence-electron chi connectivity index (χ2n) is 4.26. The lowest BCUT2D eigenvalue weighted by atomic mass is 10.0. The lowest BCUT2D eigenvalue weighted by Gasteiger charge is -2.12. The fourth-order valence-corrected chi connectivity index (χ4v) is 1.71. The quantitative estimate of drug-likeness (QED) is 0.716. The third-order valence-electron chi connectivity index (χ3n) is 2.48. The van der Waals surface area contributed by atoms with Gasteiger partial charge in [0.05, 0.1) is 12.3 Å². The average Bonchev–Trinajstić information content (AvgIpc) is 2.17. The first-order valence-electron chi connectivity index (χ1n) is 5.41. The van der Waals surface area contributed by atoms with E-state index < -0.39 is 0 Å². The van der Waals surface area contributed by atoms with E-state index in [-0.39, 0.29) is 0 Å². The smallest absolute Gasteiger partial charge is 0.279 e. The third kappa shape index (κ3) is 2.10. The summed E-state index contributed by atoms with van der Waals surface area (Å²) in [5, 5.41) is 7.67. The summed E-state index contributed by atoms with van der Waals surface area (Å²) in [4.78, 5) is 0. The molecule has 16 heavy (non-hydrogen) atoms. The zero-order chi connectivity index (χ0) is 11.5. The minimum Gasteiger partial charge on any atom is -0.497 e. The highest BCUT2D eigenvalue weighted by Crippen LogP contribution is 2.28. The van der Waals surface area contributed by atoms with Crippen molar-refractivity contribution in [2.75, 3.05) is 7.11 Å². The van der Waals surface area contributed by atoms with Crippen LogP contribution in [0.25, 0.3) is 0 Å². The molecule has 1 aliphatic heterocycles. The molecule has 2 rings (SSSR count). The van der Waals surface area contributed by atoms with Crippen molar-refractivity contribution in [2.45, 2.75) is 20.3 Å². The molecule has 0 bridgehead atoms. The van der Waals surface area contributed by atoms with E-state index in [2.05, 4.69) is 30.2 Å². The van der Waals surface area contributed by atoms with Crippen LogP contribution in [0.1, 0.15) is 19.4 Å². The third-order valence-corrected chi connectivity index (χ3v) is 2.48. The van der Waals surface area contributed by atoms with Crippen LogP contribution >= 0.6 is 0 Å². The zero-order valence-corrected chi connectivity index (χ0v) is 9.84. The Morgan fingerprint density at radius 2 is 2.12 bits per heavy atom. The molecule has 0 saturated heterocycles. The van der Waals surface area contributed by atoms with Gasteiger partial charge in [-0.3, -0.25) is 0 Å². The van der Waals surface area contributed by atoms with Gasteiger partial charge in [0, 0.05) is 11.2 Å². The van der Waals surface area contributed by atoms with Gasteiger partial charge in [-0.2, -0.15) is 0 Å². The molecular weight excluding hydrogens is 202 g/mol. The van der Waals surface area contributed by atoms with Crippen LogP contribution in [-0.2, 0) is 6.42 Å². The Hall–Kier alpha value is -1.71. The van der Waals surface area contributed by atoms with Gasteiger partial charge in [0.15, 0.2) is 0 Å². The molecule has 0 spiro atoms. The summed E-state index contributed by atoms with van der Waals surface area (Å²) in [6.45, 7) is 4.41. The van der Waals surface area contributed by atoms with E-state index in [0.29, 0.717) is 5.92 Å². The van der Waals surface area contributed by atoms with E-state index in [1.165, 1.54) is 5.56 Å². The largest absolute Gasteiger partial charge is 0.497 e. The van der Waals surface area contributed by atoms with Crippen molar-refractivity contribution in [2.24, 2.45) is 16.2 Å². The van der Waals surface area contributed by atoms with Gasteiger partial charge < -0.3 is 4.74 Å². The molecule has 0 N–H and O–H groups in total. The van der Waals surface area contributed by atoms with Crippen LogP contribution in [0.4, 0.5) is 5.69 Å². The Labute approximate surface area is 95.3 Å². The summed E-state index contributed by atoms with van der Waals surface area (Å²) in [6.07, 6.45) is 2.73. The molecule has 1 aliphatic rings. The highest BCUT2D eigenvalue weighted by molar-refractivity contribution is 5.56. The Bertz CT molecular complexity index is 450. The number of rotatable bonds is 4. The molecule has 1 aromatic carbocycles. The Kier molecular flexibility index (Phi) is 2.99. The Balaban J connectivity index is 2.35. The molecule has 1 heterocycles. The molecule has 0 aliphatic carbocycles. The number of nitrogens with zero attached hydrogens (tertiary/aromatic N) is 3. The predicted octanol–water partition coefficient (Wildman–Crippen LogP) is 2.95. The summed E-state index contributed by atoms with van der Waals surface area (Å²) in [7, 11) is 1.67. The molecule has 0 radical (unpaired) electrons. The second kappa shape index (κ2) is 4.43. The average molecular weight is 218 g/mol. The van der Waals surface area contributed by atoms with Crippen LogP contribution in [0.15, 0.2) is 28.5 Å². The van der Waals surface area contributed by atoms with Crippen molar-refractivity contribution in [3.63, 3.8) is 0 Å². The fraction of sp³-hybridized carbons (Fsp3) is 0.417. The van der Waals surface area contributed by atoms with Gasteiger partial charge in [-0.05, 0) is 24.0 Å². The van der Waals surface area contributed by atoms with Crippen LogP contribution in [0.2, 0.25) is 0 Å². The minimum absolute atomic E-state index is 0.616. The van der Waals surface area contributed by atoms with Gasteiger partial charge >= 0.3 is 0 Å². The van der Waals surface area contributed by atoms with Gasteiger partial charge in [-0.1, -0.05) is 19.9 Å². The standard InChI is InChI=1S/C12H16N3O/c1-9(2)6-10-4-5-11(16-3)7-12(10)15-8-13-14-15/h4-5,7-9H,6H2,1-3H3/q+1. The zero-order valence-electron chi connectivity index (χ0n) is 9.84. The summed E-state index contributed by atoms with van der Waals surface area (Å²) in [5.74, 6) is 1.46. The monoisotopic (exact) mass is 218 g/mol. The molecule has 0 fully saturated rings. The lowest BCUT2D eigenvalue weighted by molar-refractivity contribution is -0.406. The minimum atomic E-state index is 0.616. The van der Waals surface area contributed by atoms with E-state index in [9.17, 15) is 0 Å². The maximum atomic E-state index is 5.22. The second-order valence-corrected chi connectivity index (χ2v) is 4.26. The fourth-order valence-electron chi connectivity index (χ4n) is 1.71. The summed E-state index contributed by atoms with van der Waals surface area (Å²) in [5.41, 5.74) is 2.33. The predicted molar refractivity (Wildman–Crippen MR) is 62.4 cm³/mol. The van der Waals surface area contributed by atoms with Gasteiger partial charge in [0.1, 0.15) is 11.4 Å². The number of hydrogen-bond donors (Lipinski definition) is 0. The first-order valence-corrected chi connectivity index (χ1v) is 5.41. The van der Waals surface area contributed by atoms with Crippen LogP contribution in [0.3, 0.4) is 0 Å². The van der Waals surface area contributed by atoms with E-state index in [1.54, 1.807) is 18.1 Å². The van der Waals surface area contributed by atoms with E-state index in [1.807, 2.05) is 12.1 Å². The molecule has 0 unspecified atom stereocenters. The van der Waals surface area contributed by atoms with Crippen molar-refractivity contribution in [1.29, 1.82) is 0 Å². The molecular formula is C12H16N3O+. The molecule has 1 aromatic rings. The van der Waals surface area contributed by atoms with Crippen molar-refractivity contribution in [1.82, 2.24) is 0 Å². The van der Waals surface area contributed by atoms with Gasteiger partial charge in [0.2, 0.25) is 0 Å². The maximum Gasteiger partial charge on any atom is 0.279 e. The topological polar surface area (TPSA) is 37.0 Å². The maximum absolute atomic E-state index is 5.22. The summed E-state index contributed by atoms with van der Waals surface area (Å²) >= 11 is 0. The molecule has 84 valence electrons. The SMILES string of the molecule is COc1ccc(CC(C)C)c([N+]2=NN=C2)c1. The van der Waals surface area contributed by atoms with Crippen molar-refractivity contribution in [3.8, 4) is 5.75 Å². The van der Waals surface area contributed by atoms with E-state index >= 15 is 0 Å². The van der Waals surface area contributed by atoms with Crippen LogP contribution in [-0.4, -0.2) is 18.1 Å². The van der Waals surface area contributed by atoms with Crippen LogP contribution in [0.5, 0.6) is 5.75 Å². The van der Waals surface area contributed by atoms with Gasteiger partial charge in [-0.15, -0.1) is 4.70 Å². The van der Waals surface area contributed by atoms with Crippen molar-refractivity contribution >= 4 is 12.0 Å². The van der Waals surface area contributed by atoms with E-state index in [0.717, 1.165) is 17.9 Å². The lowest BCUT2D eigenvalue weighted by Crippen LogP contribution is -2.09. The van der Waals surface area contributed by atoms with Crippen LogP contribution in [0, 0.1) is 5.92 Å². The number of benzene rings is 1. The molecule has 4 heteroatoms. The highest BCUT2D eigenvalue weighted by Gasteiger charge is 2.16. The first kappa shape index (κ1) is 10.8. The first-order chi connectivity index (χ1) is 7.70. The van der Waals surface area contributed by atoms with Crippen molar-refractivity contribution < 1.29 is 9.43 Å². The molecule has 0 saturated carbocycles. The number of methoxy groups -OCH3 is 1. The normalized spacial score (nSPS) is 13.6. The summed E-state index contributed by atoms with van der Waals surface area (Å²) in [6, 6.07) is 6.07. The van der Waals surface area contributed by atoms with Crippen molar-refractivity contribution in [3.05, 3.63) is 23.8 Å². The van der Waals surface area contributed by atoms with Gasteiger partial charge in [0.25, 0.3) is 6.34 Å². The van der Waals surface area contributed by atoms with Gasteiger partial charge in [-0.25, -0.2) is 0 Å². The number of ether oxygens (including phenoxy) is 1. The molecule has 4 nitrogen and oxygen atoms in total. The summed E-state index contributed by atoms with van der Waals surface area (Å²) < 4.78 is 7.00. The molecule has 0 aromatic heterocycles. The van der Waals surface area contributed by atoms with E-state index in [4.69, 9.17) is 4.74 Å². The number of hydrogen-bond acceptors (Lipinski definition) is 3. The Morgan fingerprint density at radius 3 is 2.62 bits per heavy atom.